The SMILES string of the molecule is C1=CCC2B3c4cccc5c4N(c4cccc(c43)N(c3ccccc3)C2=C1)c1cccc2c1B5c1ccccc1N2c1ccccc1. The summed E-state index contributed by atoms with van der Waals surface area (Å²) in [6.45, 7) is 0.423. The molecular weight excluding hydrogens is 568 g/mol. The van der Waals surface area contributed by atoms with Gasteiger partial charge in [0.2, 0.25) is 6.71 Å². The molecule has 5 heteroatoms. The maximum absolute atomic E-state index is 2.61. The molecule has 47 heavy (non-hydrogen) atoms. The molecule has 11 rings (SSSR count). The molecule has 4 aliphatic heterocycles. The Balaban J connectivity index is 1.23. The first-order chi connectivity index (χ1) is 23.4. The second-order valence-electron chi connectivity index (χ2n) is 13.2. The lowest BCUT2D eigenvalue weighted by atomic mass is 9.27. The van der Waals surface area contributed by atoms with Crippen LogP contribution in [0.5, 0.6) is 0 Å². The summed E-state index contributed by atoms with van der Waals surface area (Å²) in [6.07, 6.45) is 8.00. The Bertz CT molecular complexity index is 2330. The molecule has 0 N–H and O–H groups in total. The van der Waals surface area contributed by atoms with Crippen molar-refractivity contribution >= 4 is 86.2 Å². The molecule has 0 radical (unpaired) electrons. The minimum absolute atomic E-state index is 0.152. The average molecular weight is 597 g/mol. The summed E-state index contributed by atoms with van der Waals surface area (Å²) in [5, 5.41) is 0. The summed E-state index contributed by atoms with van der Waals surface area (Å²) < 4.78 is 0. The number of rotatable bonds is 2. The Kier molecular flexibility index (Phi) is 5.12. The van der Waals surface area contributed by atoms with Gasteiger partial charge in [0.15, 0.2) is 0 Å². The molecule has 0 amide bonds. The summed E-state index contributed by atoms with van der Waals surface area (Å²) in [4.78, 5) is 7.61. The zero-order valence-electron chi connectivity index (χ0n) is 25.8. The van der Waals surface area contributed by atoms with Crippen LogP contribution in [0.25, 0.3) is 0 Å². The van der Waals surface area contributed by atoms with Gasteiger partial charge in [0, 0.05) is 51.2 Å². The van der Waals surface area contributed by atoms with Crippen LogP contribution in [0.2, 0.25) is 5.82 Å². The maximum atomic E-state index is 2.61. The molecule has 0 spiro atoms. The van der Waals surface area contributed by atoms with E-state index in [-0.39, 0.29) is 13.4 Å². The van der Waals surface area contributed by atoms with Crippen LogP contribution in [0.4, 0.5) is 45.5 Å². The molecule has 0 saturated heterocycles. The van der Waals surface area contributed by atoms with Crippen molar-refractivity contribution in [3.63, 3.8) is 0 Å². The number of fused-ring (bicyclic) bond motifs is 8. The number of benzene rings is 6. The molecule has 0 saturated carbocycles. The lowest BCUT2D eigenvalue weighted by Crippen LogP contribution is -2.66. The van der Waals surface area contributed by atoms with Crippen molar-refractivity contribution in [2.75, 3.05) is 14.7 Å². The van der Waals surface area contributed by atoms with Gasteiger partial charge in [-0.05, 0) is 94.8 Å². The van der Waals surface area contributed by atoms with Gasteiger partial charge in [-0.3, -0.25) is 0 Å². The highest BCUT2D eigenvalue weighted by Gasteiger charge is 2.51. The molecule has 218 valence electrons. The van der Waals surface area contributed by atoms with Crippen molar-refractivity contribution in [3.8, 4) is 0 Å². The second kappa shape index (κ2) is 9.43. The van der Waals surface area contributed by atoms with Crippen molar-refractivity contribution in [2.45, 2.75) is 12.2 Å². The Morgan fingerprint density at radius 3 is 1.79 bits per heavy atom. The number of hydrogen-bond donors (Lipinski definition) is 0. The van der Waals surface area contributed by atoms with Crippen LogP contribution in [-0.4, -0.2) is 13.4 Å². The van der Waals surface area contributed by atoms with Gasteiger partial charge in [0.25, 0.3) is 6.71 Å². The standard InChI is InChI=1S/C42H29B2N3/c1-3-14-28(15-4-1)45-34-22-9-7-18-30(34)43-32-20-11-21-33-42(32)47(38-26-12-24-36(45)40(38)43)39-27-13-25-37-41(39)44(33)31-19-8-10-23-35(31)46(37)29-16-5-2-6-17-29/h1-18,20-27,31H,19H2. The van der Waals surface area contributed by atoms with Gasteiger partial charge in [-0.1, -0.05) is 103 Å². The number of nitrogens with zero attached hydrogens (tertiary/aromatic N) is 3. The highest BCUT2D eigenvalue weighted by Crippen LogP contribution is 2.50. The normalized spacial score (nSPS) is 17.3. The molecule has 6 aromatic carbocycles. The van der Waals surface area contributed by atoms with Gasteiger partial charge in [-0.15, -0.1) is 0 Å². The molecule has 0 aromatic heterocycles. The van der Waals surface area contributed by atoms with Crippen molar-refractivity contribution in [2.24, 2.45) is 0 Å². The smallest absolute Gasteiger partial charge is 0.252 e. The summed E-state index contributed by atoms with van der Waals surface area (Å²) in [6, 6.07) is 51.9. The number of allylic oxidation sites excluding steroid dienone is 4. The lowest BCUT2D eigenvalue weighted by Gasteiger charge is -2.51. The topological polar surface area (TPSA) is 9.72 Å². The first-order valence-corrected chi connectivity index (χ1v) is 16.7. The van der Waals surface area contributed by atoms with Gasteiger partial charge in [-0.2, -0.15) is 0 Å². The fraction of sp³-hybridized carbons (Fsp3) is 0.0476. The highest BCUT2D eigenvalue weighted by atomic mass is 15.2. The van der Waals surface area contributed by atoms with Gasteiger partial charge >= 0.3 is 0 Å². The molecule has 1 unspecified atom stereocenters. The maximum Gasteiger partial charge on any atom is 0.252 e. The van der Waals surface area contributed by atoms with Crippen LogP contribution in [-0.2, 0) is 0 Å². The van der Waals surface area contributed by atoms with E-state index in [2.05, 4.69) is 172 Å². The van der Waals surface area contributed by atoms with Crippen LogP contribution in [0.1, 0.15) is 6.42 Å². The van der Waals surface area contributed by atoms with E-state index in [1.54, 1.807) is 0 Å². The van der Waals surface area contributed by atoms with Crippen molar-refractivity contribution in [1.82, 2.24) is 0 Å². The van der Waals surface area contributed by atoms with E-state index < -0.39 is 0 Å². The van der Waals surface area contributed by atoms with Gasteiger partial charge in [0.1, 0.15) is 0 Å². The molecular formula is C42H29B2N3. The molecule has 6 aromatic rings. The van der Waals surface area contributed by atoms with E-state index in [1.165, 1.54) is 78.5 Å². The third-order valence-corrected chi connectivity index (χ3v) is 11.0. The van der Waals surface area contributed by atoms with Crippen LogP contribution < -0.4 is 42.0 Å². The third-order valence-electron chi connectivity index (χ3n) is 11.0. The summed E-state index contributed by atoms with van der Waals surface area (Å²) in [7, 11) is 0. The van der Waals surface area contributed by atoms with Crippen LogP contribution in [0, 0.1) is 0 Å². The molecule has 0 fully saturated rings. The zero-order chi connectivity index (χ0) is 30.6. The van der Waals surface area contributed by atoms with E-state index in [0.717, 1.165) is 6.42 Å². The third kappa shape index (κ3) is 3.28. The Morgan fingerprint density at radius 1 is 0.468 bits per heavy atom. The average Bonchev–Trinajstić information content (AvgIpc) is 3.14. The predicted octanol–water partition coefficient (Wildman–Crippen LogP) is 7.06. The molecule has 3 nitrogen and oxygen atoms in total. The highest BCUT2D eigenvalue weighted by molar-refractivity contribution is 7.02. The van der Waals surface area contributed by atoms with Crippen LogP contribution in [0.15, 0.2) is 163 Å². The minimum atomic E-state index is 0.152. The van der Waals surface area contributed by atoms with Crippen molar-refractivity contribution < 1.29 is 0 Å². The van der Waals surface area contributed by atoms with E-state index in [4.69, 9.17) is 0 Å². The molecule has 1 aliphatic carbocycles. The van der Waals surface area contributed by atoms with E-state index in [1.807, 2.05) is 0 Å². The van der Waals surface area contributed by atoms with Crippen molar-refractivity contribution in [1.29, 1.82) is 0 Å². The molecule has 4 heterocycles. The predicted molar refractivity (Wildman–Crippen MR) is 200 cm³/mol. The summed E-state index contributed by atoms with van der Waals surface area (Å²) >= 11 is 0. The second-order valence-corrected chi connectivity index (χ2v) is 13.2. The fourth-order valence-electron chi connectivity index (χ4n) is 9.33. The first kappa shape index (κ1) is 25.5. The zero-order valence-corrected chi connectivity index (χ0v) is 25.8. The van der Waals surface area contributed by atoms with E-state index in [9.17, 15) is 0 Å². The molecule has 1 atom stereocenters. The van der Waals surface area contributed by atoms with Gasteiger partial charge in [-0.25, -0.2) is 0 Å². The Labute approximate surface area is 275 Å². The first-order valence-electron chi connectivity index (χ1n) is 16.7. The lowest BCUT2D eigenvalue weighted by molar-refractivity contribution is 0.888. The van der Waals surface area contributed by atoms with Gasteiger partial charge < -0.3 is 14.7 Å². The summed E-state index contributed by atoms with van der Waals surface area (Å²) in [5.41, 5.74) is 18.6. The minimum Gasteiger partial charge on any atom is -0.315 e. The Morgan fingerprint density at radius 2 is 1.02 bits per heavy atom. The molecule has 0 bridgehead atoms. The largest absolute Gasteiger partial charge is 0.315 e. The number of hydrogen-bond acceptors (Lipinski definition) is 3. The number of para-hydroxylation sites is 4. The monoisotopic (exact) mass is 597 g/mol. The van der Waals surface area contributed by atoms with E-state index in [0.29, 0.717) is 5.82 Å². The van der Waals surface area contributed by atoms with Crippen LogP contribution in [0.3, 0.4) is 0 Å². The fourth-order valence-corrected chi connectivity index (χ4v) is 9.33. The number of anilines is 8. The van der Waals surface area contributed by atoms with Crippen LogP contribution >= 0.6 is 0 Å². The molecule has 5 aliphatic rings. The van der Waals surface area contributed by atoms with E-state index >= 15 is 0 Å². The van der Waals surface area contributed by atoms with Crippen molar-refractivity contribution in [3.05, 3.63) is 163 Å². The van der Waals surface area contributed by atoms with Gasteiger partial charge in [0.05, 0.1) is 0 Å². The Hall–Kier alpha value is -5.67. The summed E-state index contributed by atoms with van der Waals surface area (Å²) in [5.74, 6) is 0.349. The quantitative estimate of drug-likeness (QED) is 0.198.